The Bertz CT molecular complexity index is 750. The van der Waals surface area contributed by atoms with Crippen LogP contribution >= 0.6 is 11.6 Å². The van der Waals surface area contributed by atoms with Crippen LogP contribution in [0.4, 0.5) is 0 Å². The van der Waals surface area contributed by atoms with Crippen molar-refractivity contribution in [2.75, 3.05) is 0 Å². The lowest BCUT2D eigenvalue weighted by molar-refractivity contribution is -0.111. The van der Waals surface area contributed by atoms with Crippen molar-refractivity contribution >= 4 is 16.8 Å². The molecule has 4 nitrogen and oxygen atoms in total. The van der Waals surface area contributed by atoms with E-state index in [0.29, 0.717) is 5.69 Å². The lowest BCUT2D eigenvalue weighted by Gasteiger charge is -2.14. The smallest absolute Gasteiger partial charge is 0.222 e. The van der Waals surface area contributed by atoms with Crippen LogP contribution in [0.2, 0.25) is 0 Å². The van der Waals surface area contributed by atoms with E-state index in [-0.39, 0.29) is 18.3 Å². The predicted molar refractivity (Wildman–Crippen MR) is 83.2 cm³/mol. The van der Waals surface area contributed by atoms with Crippen molar-refractivity contribution in [3.05, 3.63) is 57.0 Å². The molecular formula is C16H17ClN2O2. The Morgan fingerprint density at radius 1 is 1.29 bits per heavy atom. The van der Waals surface area contributed by atoms with E-state index in [4.69, 9.17) is 11.6 Å². The minimum Gasteiger partial charge on any atom is -0.288 e. The van der Waals surface area contributed by atoms with E-state index < -0.39 is 5.24 Å². The Morgan fingerprint density at radius 2 is 2.00 bits per heavy atom. The summed E-state index contributed by atoms with van der Waals surface area (Å²) in [6, 6.07) is 7.49. The van der Waals surface area contributed by atoms with E-state index in [1.807, 2.05) is 39.0 Å². The fourth-order valence-corrected chi connectivity index (χ4v) is 2.28. The summed E-state index contributed by atoms with van der Waals surface area (Å²) in [6.07, 6.45) is 0.367. The maximum Gasteiger partial charge on any atom is 0.222 e. The molecule has 0 aliphatic carbocycles. The molecule has 2 rings (SSSR count). The van der Waals surface area contributed by atoms with Crippen molar-refractivity contribution in [3.63, 3.8) is 0 Å². The first-order chi connectivity index (χ1) is 9.90. The van der Waals surface area contributed by atoms with Crippen LogP contribution in [0.15, 0.2) is 29.1 Å². The molecule has 21 heavy (non-hydrogen) atoms. The summed E-state index contributed by atoms with van der Waals surface area (Å²) in [7, 11) is 0. The lowest BCUT2D eigenvalue weighted by Crippen LogP contribution is -2.20. The number of carbonyl (C=O) groups is 1. The summed E-state index contributed by atoms with van der Waals surface area (Å²) in [5, 5.41) is 3.95. The van der Waals surface area contributed by atoms with Gasteiger partial charge in [-0.25, -0.2) is 4.68 Å². The van der Waals surface area contributed by atoms with Gasteiger partial charge in [-0.05, 0) is 49.6 Å². The van der Waals surface area contributed by atoms with Gasteiger partial charge >= 0.3 is 0 Å². The molecule has 0 fully saturated rings. The number of rotatable bonds is 4. The van der Waals surface area contributed by atoms with Crippen LogP contribution in [0.1, 0.15) is 28.9 Å². The number of hydrogen-bond donors (Lipinski definition) is 0. The molecule has 1 aromatic heterocycles. The molecule has 0 aliphatic heterocycles. The van der Waals surface area contributed by atoms with Gasteiger partial charge in [0.25, 0.3) is 0 Å². The molecule has 0 bridgehead atoms. The molecule has 0 saturated heterocycles. The van der Waals surface area contributed by atoms with Gasteiger partial charge in [-0.1, -0.05) is 12.1 Å². The Hall–Kier alpha value is -1.94. The molecule has 0 saturated carbocycles. The standard InChI is InChI=1S/C16H17ClN2O2/c1-10-5-4-6-14(12(10)3)19-11(2)9-15(20)13(18-19)7-8-16(17)21/h4-6,9H,7-8H2,1-3H3. The second-order valence-corrected chi connectivity index (χ2v) is 5.50. The van der Waals surface area contributed by atoms with Crippen LogP contribution < -0.4 is 5.43 Å². The van der Waals surface area contributed by atoms with Crippen LogP contribution in [0, 0.1) is 20.8 Å². The largest absolute Gasteiger partial charge is 0.288 e. The Labute approximate surface area is 128 Å². The summed E-state index contributed by atoms with van der Waals surface area (Å²) < 4.78 is 1.75. The van der Waals surface area contributed by atoms with Gasteiger partial charge in [-0.3, -0.25) is 9.59 Å². The topological polar surface area (TPSA) is 52.0 Å². The highest BCUT2D eigenvalue weighted by molar-refractivity contribution is 6.63. The second kappa shape index (κ2) is 6.22. The van der Waals surface area contributed by atoms with Crippen molar-refractivity contribution < 1.29 is 4.79 Å². The number of aryl methyl sites for hydroxylation is 3. The summed E-state index contributed by atoms with van der Waals surface area (Å²) in [6.45, 7) is 5.89. The zero-order valence-corrected chi connectivity index (χ0v) is 13.1. The number of hydrogen-bond acceptors (Lipinski definition) is 3. The molecule has 1 heterocycles. The monoisotopic (exact) mass is 304 g/mol. The van der Waals surface area contributed by atoms with E-state index in [2.05, 4.69) is 5.10 Å². The first-order valence-electron chi connectivity index (χ1n) is 6.75. The number of nitrogens with zero attached hydrogens (tertiary/aromatic N) is 2. The van der Waals surface area contributed by atoms with Crippen LogP contribution in [-0.4, -0.2) is 15.0 Å². The van der Waals surface area contributed by atoms with Crippen LogP contribution in [-0.2, 0) is 11.2 Å². The zero-order valence-electron chi connectivity index (χ0n) is 12.3. The summed E-state index contributed by atoms with van der Waals surface area (Å²) >= 11 is 5.34. The number of carbonyl (C=O) groups excluding carboxylic acids is 1. The van der Waals surface area contributed by atoms with Gasteiger partial charge in [0.2, 0.25) is 10.7 Å². The number of aromatic nitrogens is 2. The maximum atomic E-state index is 12.0. The normalized spacial score (nSPS) is 10.7. The SMILES string of the molecule is Cc1cccc(-n2nc(CCC(=O)Cl)c(=O)cc2C)c1C. The Balaban J connectivity index is 2.53. The van der Waals surface area contributed by atoms with Crippen molar-refractivity contribution in [1.82, 2.24) is 9.78 Å². The zero-order chi connectivity index (χ0) is 15.6. The summed E-state index contributed by atoms with van der Waals surface area (Å²) in [5.74, 6) is 0. The van der Waals surface area contributed by atoms with E-state index in [0.717, 1.165) is 22.5 Å². The molecule has 110 valence electrons. The van der Waals surface area contributed by atoms with E-state index in [1.165, 1.54) is 0 Å². The molecule has 0 N–H and O–H groups in total. The molecule has 5 heteroatoms. The summed E-state index contributed by atoms with van der Waals surface area (Å²) in [5.41, 5.74) is 4.16. The third kappa shape index (κ3) is 3.39. The summed E-state index contributed by atoms with van der Waals surface area (Å²) in [4.78, 5) is 22.8. The minimum absolute atomic E-state index is 0.111. The fraction of sp³-hybridized carbons (Fsp3) is 0.312. The van der Waals surface area contributed by atoms with Crippen LogP contribution in [0.3, 0.4) is 0 Å². The third-order valence-electron chi connectivity index (χ3n) is 3.54. The quantitative estimate of drug-likeness (QED) is 0.816. The van der Waals surface area contributed by atoms with E-state index in [1.54, 1.807) is 10.7 Å². The van der Waals surface area contributed by atoms with Crippen molar-refractivity contribution in [2.45, 2.75) is 33.6 Å². The molecule has 0 radical (unpaired) electrons. The molecule has 0 aliphatic rings. The van der Waals surface area contributed by atoms with Crippen molar-refractivity contribution in [3.8, 4) is 5.69 Å². The fourth-order valence-electron chi connectivity index (χ4n) is 2.18. The van der Waals surface area contributed by atoms with Crippen LogP contribution in [0.5, 0.6) is 0 Å². The number of halogens is 1. The van der Waals surface area contributed by atoms with Gasteiger partial charge in [0.05, 0.1) is 5.69 Å². The molecule has 0 spiro atoms. The Morgan fingerprint density at radius 3 is 2.67 bits per heavy atom. The third-order valence-corrected chi connectivity index (χ3v) is 3.73. The lowest BCUT2D eigenvalue weighted by atomic mass is 10.1. The predicted octanol–water partition coefficient (Wildman–Crippen LogP) is 2.86. The van der Waals surface area contributed by atoms with Gasteiger partial charge in [0, 0.05) is 24.6 Å². The maximum absolute atomic E-state index is 12.0. The molecule has 2 aromatic rings. The highest BCUT2D eigenvalue weighted by Crippen LogP contribution is 2.17. The molecule has 0 unspecified atom stereocenters. The Kier molecular flexibility index (Phi) is 4.58. The van der Waals surface area contributed by atoms with Gasteiger partial charge in [-0.15, -0.1) is 0 Å². The second-order valence-electron chi connectivity index (χ2n) is 5.08. The first kappa shape index (κ1) is 15.4. The highest BCUT2D eigenvalue weighted by atomic mass is 35.5. The van der Waals surface area contributed by atoms with E-state index in [9.17, 15) is 9.59 Å². The average molecular weight is 305 g/mol. The van der Waals surface area contributed by atoms with Gasteiger partial charge in [0.15, 0.2) is 0 Å². The van der Waals surface area contributed by atoms with Crippen molar-refractivity contribution in [1.29, 1.82) is 0 Å². The molecule has 1 aromatic carbocycles. The van der Waals surface area contributed by atoms with Crippen LogP contribution in [0.25, 0.3) is 5.69 Å². The van der Waals surface area contributed by atoms with Gasteiger partial charge in [-0.2, -0.15) is 5.10 Å². The number of benzene rings is 1. The average Bonchev–Trinajstić information content (AvgIpc) is 2.41. The minimum atomic E-state index is -0.463. The molecule has 0 atom stereocenters. The van der Waals surface area contributed by atoms with Crippen molar-refractivity contribution in [2.24, 2.45) is 0 Å². The highest BCUT2D eigenvalue weighted by Gasteiger charge is 2.11. The van der Waals surface area contributed by atoms with E-state index >= 15 is 0 Å². The molecular weight excluding hydrogens is 288 g/mol. The first-order valence-corrected chi connectivity index (χ1v) is 7.12. The van der Waals surface area contributed by atoms with Gasteiger partial charge in [0.1, 0.15) is 5.69 Å². The van der Waals surface area contributed by atoms with Gasteiger partial charge < -0.3 is 0 Å². The molecule has 0 amide bonds.